The Kier molecular flexibility index (Phi) is 2.04. The van der Waals surface area contributed by atoms with E-state index in [0.29, 0.717) is 0 Å². The lowest BCUT2D eigenvalue weighted by molar-refractivity contribution is 0.0689. The Bertz CT molecular complexity index is 648. The van der Waals surface area contributed by atoms with E-state index in [0.717, 1.165) is 0 Å². The smallest absolute Gasteiger partial charge is 0.356 e. The average molecular weight is 221 g/mol. The fourth-order valence-corrected chi connectivity index (χ4v) is 1.26. The highest BCUT2D eigenvalue weighted by atomic mass is 16.4. The van der Waals surface area contributed by atoms with Gasteiger partial charge in [0.15, 0.2) is 16.9 Å². The third-order valence-electron chi connectivity index (χ3n) is 1.94. The molecule has 2 aromatic rings. The van der Waals surface area contributed by atoms with E-state index in [9.17, 15) is 9.59 Å². The van der Waals surface area contributed by atoms with E-state index in [4.69, 9.17) is 10.8 Å². The molecule has 0 aromatic carbocycles. The number of carboxylic acids is 1. The van der Waals surface area contributed by atoms with Gasteiger partial charge in [-0.1, -0.05) is 0 Å². The van der Waals surface area contributed by atoms with Crippen molar-refractivity contribution in [2.75, 3.05) is 5.73 Å². The van der Waals surface area contributed by atoms with Crippen molar-refractivity contribution < 1.29 is 9.90 Å². The molecule has 0 saturated carbocycles. The van der Waals surface area contributed by atoms with Crippen LogP contribution in [0.4, 0.5) is 5.95 Å². The zero-order chi connectivity index (χ0) is 11.9. The van der Waals surface area contributed by atoms with Gasteiger partial charge in [-0.3, -0.25) is 9.78 Å². The van der Waals surface area contributed by atoms with Crippen LogP contribution in [0, 0.1) is 6.92 Å². The van der Waals surface area contributed by atoms with Gasteiger partial charge in [0, 0.05) is 0 Å². The standard InChI is InChI=1S/C8H7N5O3/c1-2-3(7(15)16)11-5-4(10-2)6(14)13-8(9)12-5/h1H3,(H,15,16)(H3,9,11,12,13,14). The molecule has 8 heteroatoms. The second-order valence-corrected chi connectivity index (χ2v) is 3.09. The molecule has 0 fully saturated rings. The molecule has 2 aromatic heterocycles. The highest BCUT2D eigenvalue weighted by molar-refractivity contribution is 5.88. The highest BCUT2D eigenvalue weighted by Gasteiger charge is 2.14. The minimum absolute atomic E-state index is 0.0308. The van der Waals surface area contributed by atoms with E-state index >= 15 is 0 Å². The number of rotatable bonds is 1. The molecule has 16 heavy (non-hydrogen) atoms. The number of hydrogen-bond donors (Lipinski definition) is 3. The van der Waals surface area contributed by atoms with Gasteiger partial charge in [0.05, 0.1) is 5.69 Å². The molecule has 0 spiro atoms. The predicted molar refractivity (Wildman–Crippen MR) is 54.1 cm³/mol. The van der Waals surface area contributed by atoms with E-state index in [-0.39, 0.29) is 28.5 Å². The van der Waals surface area contributed by atoms with Crippen LogP contribution in [0.25, 0.3) is 11.2 Å². The average Bonchev–Trinajstić information content (AvgIpc) is 2.18. The molecule has 0 aliphatic carbocycles. The van der Waals surface area contributed by atoms with Crippen LogP contribution in [0.2, 0.25) is 0 Å². The molecule has 4 N–H and O–H groups in total. The number of carboxylic acid groups (broad SMARTS) is 1. The fourth-order valence-electron chi connectivity index (χ4n) is 1.26. The van der Waals surface area contributed by atoms with Crippen LogP contribution < -0.4 is 11.3 Å². The minimum Gasteiger partial charge on any atom is -0.476 e. The Labute approximate surface area is 88.2 Å². The molecule has 0 unspecified atom stereocenters. The van der Waals surface area contributed by atoms with E-state index in [2.05, 4.69) is 19.9 Å². The van der Waals surface area contributed by atoms with Crippen molar-refractivity contribution in [3.8, 4) is 0 Å². The van der Waals surface area contributed by atoms with Gasteiger partial charge >= 0.3 is 5.97 Å². The first-order valence-electron chi connectivity index (χ1n) is 4.26. The normalized spacial score (nSPS) is 10.6. The summed E-state index contributed by atoms with van der Waals surface area (Å²) in [7, 11) is 0. The van der Waals surface area contributed by atoms with Gasteiger partial charge in [0.25, 0.3) is 5.56 Å². The largest absolute Gasteiger partial charge is 0.476 e. The number of nitrogen functional groups attached to an aromatic ring is 1. The maximum absolute atomic E-state index is 11.4. The van der Waals surface area contributed by atoms with Crippen molar-refractivity contribution in [3.63, 3.8) is 0 Å². The lowest BCUT2D eigenvalue weighted by Crippen LogP contribution is -2.16. The van der Waals surface area contributed by atoms with Crippen molar-refractivity contribution in [1.29, 1.82) is 0 Å². The molecule has 0 bridgehead atoms. The van der Waals surface area contributed by atoms with Crippen molar-refractivity contribution in [2.24, 2.45) is 0 Å². The number of aromatic amines is 1. The molecular formula is C8H7N5O3. The van der Waals surface area contributed by atoms with Gasteiger partial charge in [0.2, 0.25) is 5.95 Å². The molecule has 0 atom stereocenters. The van der Waals surface area contributed by atoms with Gasteiger partial charge in [-0.2, -0.15) is 4.98 Å². The van der Waals surface area contributed by atoms with E-state index in [1.165, 1.54) is 6.92 Å². The zero-order valence-electron chi connectivity index (χ0n) is 8.18. The number of aromatic nitrogens is 4. The molecule has 82 valence electrons. The number of fused-ring (bicyclic) bond motifs is 1. The molecular weight excluding hydrogens is 214 g/mol. The van der Waals surface area contributed by atoms with Crippen LogP contribution in [-0.4, -0.2) is 31.0 Å². The summed E-state index contributed by atoms with van der Waals surface area (Å²) in [4.78, 5) is 35.7. The molecule has 0 saturated heterocycles. The van der Waals surface area contributed by atoms with E-state index in [1.54, 1.807) is 0 Å². The third-order valence-corrected chi connectivity index (χ3v) is 1.94. The Balaban J connectivity index is 2.90. The minimum atomic E-state index is -1.23. The van der Waals surface area contributed by atoms with Gasteiger partial charge in [-0.05, 0) is 6.92 Å². The Hall–Kier alpha value is -2.51. The summed E-state index contributed by atoms with van der Waals surface area (Å²) >= 11 is 0. The van der Waals surface area contributed by atoms with Crippen molar-refractivity contribution in [1.82, 2.24) is 19.9 Å². The quantitative estimate of drug-likeness (QED) is 0.579. The lowest BCUT2D eigenvalue weighted by atomic mass is 10.3. The summed E-state index contributed by atoms with van der Waals surface area (Å²) in [6.45, 7) is 1.45. The summed E-state index contributed by atoms with van der Waals surface area (Å²) < 4.78 is 0. The molecule has 0 radical (unpaired) electrons. The first kappa shape index (κ1) is 10.0. The molecule has 2 heterocycles. The van der Waals surface area contributed by atoms with Crippen LogP contribution in [0.15, 0.2) is 4.79 Å². The number of hydrogen-bond acceptors (Lipinski definition) is 6. The van der Waals surface area contributed by atoms with E-state index < -0.39 is 11.5 Å². The Morgan fingerprint density at radius 3 is 2.69 bits per heavy atom. The van der Waals surface area contributed by atoms with Gasteiger partial charge in [-0.25, -0.2) is 14.8 Å². The summed E-state index contributed by atoms with van der Waals surface area (Å²) in [6, 6.07) is 0. The number of nitrogens with one attached hydrogen (secondary N) is 1. The number of anilines is 1. The third kappa shape index (κ3) is 1.45. The second-order valence-electron chi connectivity index (χ2n) is 3.09. The maximum atomic E-state index is 11.4. The number of nitrogens with zero attached hydrogens (tertiary/aromatic N) is 3. The van der Waals surface area contributed by atoms with Gasteiger partial charge in [0.1, 0.15) is 0 Å². The lowest BCUT2D eigenvalue weighted by Gasteiger charge is -2.01. The first-order valence-corrected chi connectivity index (χ1v) is 4.26. The predicted octanol–water partition coefficient (Wildman–Crippen LogP) is -0.698. The summed E-state index contributed by atoms with van der Waals surface area (Å²) in [5.41, 5.74) is 4.56. The Morgan fingerprint density at radius 2 is 2.06 bits per heavy atom. The maximum Gasteiger partial charge on any atom is 0.356 e. The van der Waals surface area contributed by atoms with Crippen molar-refractivity contribution in [3.05, 3.63) is 21.7 Å². The van der Waals surface area contributed by atoms with Gasteiger partial charge < -0.3 is 10.8 Å². The zero-order valence-corrected chi connectivity index (χ0v) is 8.18. The number of aromatic carboxylic acids is 1. The molecule has 8 nitrogen and oxygen atoms in total. The molecule has 2 rings (SSSR count). The first-order chi connectivity index (χ1) is 7.49. The van der Waals surface area contributed by atoms with Crippen LogP contribution in [0.5, 0.6) is 0 Å². The van der Waals surface area contributed by atoms with Crippen molar-refractivity contribution in [2.45, 2.75) is 6.92 Å². The van der Waals surface area contributed by atoms with Crippen LogP contribution in [0.1, 0.15) is 16.2 Å². The number of aryl methyl sites for hydroxylation is 1. The number of nitrogens with two attached hydrogens (primary N) is 1. The SMILES string of the molecule is Cc1nc2c(=O)[nH]c(N)nc2nc1C(=O)O. The topological polar surface area (TPSA) is 135 Å². The second kappa shape index (κ2) is 3.26. The molecule has 0 amide bonds. The Morgan fingerprint density at radius 1 is 1.38 bits per heavy atom. The van der Waals surface area contributed by atoms with Crippen LogP contribution in [0.3, 0.4) is 0 Å². The van der Waals surface area contributed by atoms with Crippen LogP contribution in [-0.2, 0) is 0 Å². The van der Waals surface area contributed by atoms with Gasteiger partial charge in [-0.15, -0.1) is 0 Å². The summed E-state index contributed by atoms with van der Waals surface area (Å²) in [5.74, 6) is -1.36. The van der Waals surface area contributed by atoms with E-state index in [1.807, 2.05) is 0 Å². The fraction of sp³-hybridized carbons (Fsp3) is 0.125. The monoisotopic (exact) mass is 221 g/mol. The molecule has 0 aliphatic heterocycles. The van der Waals surface area contributed by atoms with Crippen molar-refractivity contribution >= 4 is 23.1 Å². The summed E-state index contributed by atoms with van der Waals surface area (Å²) in [6.07, 6.45) is 0. The molecule has 0 aliphatic rings. The number of H-pyrrole nitrogens is 1. The summed E-state index contributed by atoms with van der Waals surface area (Å²) in [5, 5.41) is 8.82. The highest BCUT2D eigenvalue weighted by Crippen LogP contribution is 2.07. The van der Waals surface area contributed by atoms with Crippen LogP contribution >= 0.6 is 0 Å². The number of carbonyl (C=O) groups is 1.